The van der Waals surface area contributed by atoms with Crippen molar-refractivity contribution in [3.63, 3.8) is 0 Å². The first-order chi connectivity index (χ1) is 9.85. The highest BCUT2D eigenvalue weighted by atomic mass is 32.2. The predicted molar refractivity (Wildman–Crippen MR) is 81.6 cm³/mol. The smallest absolute Gasteiger partial charge is 0.244 e. The molecular weight excluding hydrogens is 292 g/mol. The molecule has 0 saturated heterocycles. The van der Waals surface area contributed by atoms with Crippen LogP contribution in [0.5, 0.6) is 0 Å². The van der Waals surface area contributed by atoms with Crippen LogP contribution >= 0.6 is 0 Å². The monoisotopic (exact) mass is 318 g/mol. The molecule has 2 N–H and O–H groups in total. The summed E-state index contributed by atoms with van der Waals surface area (Å²) >= 11 is 0. The van der Waals surface area contributed by atoms with Crippen LogP contribution in [0.25, 0.3) is 0 Å². The first-order valence-electron chi connectivity index (χ1n) is 7.21. The molecule has 0 aliphatic rings. The lowest BCUT2D eigenvalue weighted by Gasteiger charge is -2.12. The Labute approximate surface area is 127 Å². The summed E-state index contributed by atoms with van der Waals surface area (Å²) in [6.07, 6.45) is 2.91. The lowest BCUT2D eigenvalue weighted by Crippen LogP contribution is -2.35. The molecule has 122 valence electrons. The van der Waals surface area contributed by atoms with Crippen LogP contribution in [0.3, 0.4) is 0 Å². The molecule has 1 atom stereocenters. The number of aromatic nitrogens is 2. The summed E-state index contributed by atoms with van der Waals surface area (Å²) in [6.45, 7) is 10.0. The van der Waals surface area contributed by atoms with E-state index in [4.69, 9.17) is 4.74 Å². The lowest BCUT2D eigenvalue weighted by atomic mass is 10.4. The third-order valence-electron chi connectivity index (χ3n) is 2.74. The average Bonchev–Trinajstić information content (AvgIpc) is 2.85. The van der Waals surface area contributed by atoms with E-state index in [1.807, 2.05) is 6.92 Å². The highest BCUT2D eigenvalue weighted by Crippen LogP contribution is 2.07. The molecule has 1 rings (SSSR count). The van der Waals surface area contributed by atoms with E-state index in [9.17, 15) is 8.42 Å². The van der Waals surface area contributed by atoms with E-state index in [1.165, 1.54) is 12.4 Å². The molecule has 1 unspecified atom stereocenters. The van der Waals surface area contributed by atoms with Crippen LogP contribution in [0.4, 0.5) is 0 Å². The van der Waals surface area contributed by atoms with Gasteiger partial charge >= 0.3 is 0 Å². The number of hydrogen-bond donors (Lipinski definition) is 2. The molecule has 0 aliphatic carbocycles. The number of rotatable bonds is 10. The Hall–Kier alpha value is -0.960. The summed E-state index contributed by atoms with van der Waals surface area (Å²) in [5.41, 5.74) is 0. The van der Waals surface area contributed by atoms with Crippen molar-refractivity contribution in [2.75, 3.05) is 19.8 Å². The van der Waals surface area contributed by atoms with E-state index < -0.39 is 10.0 Å². The Balaban J connectivity index is 2.57. The Morgan fingerprint density at radius 1 is 1.38 bits per heavy atom. The molecule has 1 heterocycles. The number of ether oxygens (including phenoxy) is 1. The quantitative estimate of drug-likeness (QED) is 0.659. The average molecular weight is 318 g/mol. The third kappa shape index (κ3) is 6.56. The van der Waals surface area contributed by atoms with E-state index in [0.717, 1.165) is 6.54 Å². The topological polar surface area (TPSA) is 85.2 Å². The Morgan fingerprint density at radius 2 is 2.10 bits per heavy atom. The molecule has 0 bridgehead atoms. The van der Waals surface area contributed by atoms with Crippen LogP contribution in [0, 0.1) is 0 Å². The van der Waals surface area contributed by atoms with E-state index in [1.54, 1.807) is 11.6 Å². The van der Waals surface area contributed by atoms with Crippen LogP contribution in [0.1, 0.15) is 27.7 Å². The van der Waals surface area contributed by atoms with Crippen LogP contribution in [0.15, 0.2) is 17.3 Å². The van der Waals surface area contributed by atoms with Gasteiger partial charge in [0.2, 0.25) is 10.0 Å². The van der Waals surface area contributed by atoms with Gasteiger partial charge in [-0.25, -0.2) is 13.1 Å². The summed E-state index contributed by atoms with van der Waals surface area (Å²) in [4.78, 5) is 0.176. The molecule has 0 radical (unpaired) electrons. The zero-order valence-corrected chi connectivity index (χ0v) is 14.0. The van der Waals surface area contributed by atoms with Crippen LogP contribution in [-0.4, -0.2) is 50.0 Å². The normalized spacial score (nSPS) is 13.8. The van der Waals surface area contributed by atoms with Crippen molar-refractivity contribution in [3.05, 3.63) is 12.4 Å². The summed E-state index contributed by atoms with van der Waals surface area (Å²) < 4.78 is 33.7. The number of sulfonamides is 1. The predicted octanol–water partition coefficient (Wildman–Crippen LogP) is 0.584. The number of nitrogens with zero attached hydrogens (tertiary/aromatic N) is 2. The van der Waals surface area contributed by atoms with Gasteiger partial charge < -0.3 is 10.1 Å². The van der Waals surface area contributed by atoms with Crippen molar-refractivity contribution in [1.82, 2.24) is 19.8 Å². The lowest BCUT2D eigenvalue weighted by molar-refractivity contribution is 0.133. The molecule has 0 aromatic carbocycles. The maximum Gasteiger partial charge on any atom is 0.244 e. The van der Waals surface area contributed by atoms with Gasteiger partial charge in [0.05, 0.1) is 19.3 Å². The fourth-order valence-corrected chi connectivity index (χ4v) is 2.92. The van der Waals surface area contributed by atoms with Crippen molar-refractivity contribution >= 4 is 10.0 Å². The zero-order valence-electron chi connectivity index (χ0n) is 13.2. The summed E-state index contributed by atoms with van der Waals surface area (Å²) in [6, 6.07) is 0.116. The van der Waals surface area contributed by atoms with Gasteiger partial charge in [-0.15, -0.1) is 0 Å². The Bertz CT molecular complexity index is 513. The van der Waals surface area contributed by atoms with E-state index in [2.05, 4.69) is 29.0 Å². The summed E-state index contributed by atoms with van der Waals surface area (Å²) in [5, 5.41) is 7.33. The molecule has 0 saturated carbocycles. The second-order valence-electron chi connectivity index (χ2n) is 5.23. The van der Waals surface area contributed by atoms with Gasteiger partial charge in [0, 0.05) is 31.4 Å². The Kier molecular flexibility index (Phi) is 7.30. The van der Waals surface area contributed by atoms with Crippen molar-refractivity contribution in [1.29, 1.82) is 0 Å². The summed E-state index contributed by atoms with van der Waals surface area (Å²) in [5.74, 6) is 0. The standard InChI is InChI=1S/C13H26N4O3S/c1-5-20-10-12(4)16-21(18,19)13-8-15-17(9-13)7-6-14-11(2)3/h8-9,11-12,14,16H,5-7,10H2,1-4H3. The molecule has 0 amide bonds. The fraction of sp³-hybridized carbons (Fsp3) is 0.769. The minimum absolute atomic E-state index is 0.176. The van der Waals surface area contributed by atoms with Crippen molar-refractivity contribution in [2.45, 2.75) is 51.2 Å². The molecular formula is C13H26N4O3S. The highest BCUT2D eigenvalue weighted by Gasteiger charge is 2.19. The van der Waals surface area contributed by atoms with Gasteiger partial charge in [-0.2, -0.15) is 5.10 Å². The van der Waals surface area contributed by atoms with Crippen molar-refractivity contribution in [3.8, 4) is 0 Å². The maximum atomic E-state index is 12.2. The molecule has 1 aromatic heterocycles. The molecule has 0 aliphatic heterocycles. The number of nitrogens with one attached hydrogen (secondary N) is 2. The summed E-state index contributed by atoms with van der Waals surface area (Å²) in [7, 11) is -3.54. The van der Waals surface area contributed by atoms with Gasteiger partial charge in [-0.05, 0) is 13.8 Å². The second-order valence-corrected chi connectivity index (χ2v) is 6.94. The van der Waals surface area contributed by atoms with Crippen LogP contribution in [-0.2, 0) is 21.3 Å². The third-order valence-corrected chi connectivity index (χ3v) is 4.29. The Morgan fingerprint density at radius 3 is 2.71 bits per heavy atom. The SMILES string of the molecule is CCOCC(C)NS(=O)(=O)c1cnn(CCNC(C)C)c1. The largest absolute Gasteiger partial charge is 0.380 e. The molecule has 7 nitrogen and oxygen atoms in total. The van der Waals surface area contributed by atoms with E-state index in [0.29, 0.717) is 25.8 Å². The van der Waals surface area contributed by atoms with Crippen LogP contribution < -0.4 is 10.0 Å². The van der Waals surface area contributed by atoms with Gasteiger partial charge in [0.15, 0.2) is 0 Å². The molecule has 0 spiro atoms. The van der Waals surface area contributed by atoms with Crippen molar-refractivity contribution in [2.24, 2.45) is 0 Å². The number of hydrogen-bond acceptors (Lipinski definition) is 5. The molecule has 0 fully saturated rings. The van der Waals surface area contributed by atoms with Crippen LogP contribution in [0.2, 0.25) is 0 Å². The highest BCUT2D eigenvalue weighted by molar-refractivity contribution is 7.89. The second kappa shape index (κ2) is 8.47. The van der Waals surface area contributed by atoms with Gasteiger partial charge in [-0.3, -0.25) is 4.68 Å². The van der Waals surface area contributed by atoms with Gasteiger partial charge in [-0.1, -0.05) is 13.8 Å². The first kappa shape index (κ1) is 18.1. The first-order valence-corrected chi connectivity index (χ1v) is 8.69. The molecule has 8 heteroatoms. The maximum absolute atomic E-state index is 12.2. The van der Waals surface area contributed by atoms with Crippen molar-refractivity contribution < 1.29 is 13.2 Å². The zero-order chi connectivity index (χ0) is 15.9. The van der Waals surface area contributed by atoms with Gasteiger partial charge in [0.25, 0.3) is 0 Å². The molecule has 1 aromatic rings. The minimum Gasteiger partial charge on any atom is -0.380 e. The van der Waals surface area contributed by atoms with E-state index >= 15 is 0 Å². The fourth-order valence-electron chi connectivity index (χ4n) is 1.73. The minimum atomic E-state index is -3.54. The van der Waals surface area contributed by atoms with Gasteiger partial charge in [0.1, 0.15) is 4.90 Å². The molecule has 21 heavy (non-hydrogen) atoms. The van der Waals surface area contributed by atoms with E-state index in [-0.39, 0.29) is 10.9 Å².